The number of aromatic nitrogens is 2. The molecule has 1 aliphatic rings. The second kappa shape index (κ2) is 8.65. The Bertz CT molecular complexity index is 1020. The molecule has 2 N–H and O–H groups in total. The van der Waals surface area contributed by atoms with Crippen LogP contribution in [0.3, 0.4) is 0 Å². The minimum atomic E-state index is -0.0499. The predicted molar refractivity (Wildman–Crippen MR) is 119 cm³/mol. The summed E-state index contributed by atoms with van der Waals surface area (Å²) in [6.45, 7) is 7.11. The summed E-state index contributed by atoms with van der Waals surface area (Å²) < 4.78 is 5.90. The summed E-state index contributed by atoms with van der Waals surface area (Å²) in [5.41, 5.74) is 1.79. The molecule has 2 aromatic heterocycles. The number of hydrogen-bond acceptors (Lipinski definition) is 6. The maximum absolute atomic E-state index is 12.6. The summed E-state index contributed by atoms with van der Waals surface area (Å²) in [5.74, 6) is 1.57. The van der Waals surface area contributed by atoms with E-state index in [1.807, 2.05) is 30.3 Å². The van der Waals surface area contributed by atoms with Gasteiger partial charge in [-0.25, -0.2) is 4.98 Å². The fourth-order valence-electron chi connectivity index (χ4n) is 3.90. The van der Waals surface area contributed by atoms with E-state index in [0.29, 0.717) is 23.3 Å². The number of fused-ring (bicyclic) bond motifs is 1. The molecule has 3 aromatic rings. The van der Waals surface area contributed by atoms with Gasteiger partial charge in [-0.1, -0.05) is 13.8 Å². The number of aromatic amines is 1. The molecule has 0 aliphatic carbocycles. The molecular weight excluding hydrogens is 384 g/mol. The lowest BCUT2D eigenvalue weighted by molar-refractivity contribution is 0.183. The Hall–Kier alpha value is -2.22. The summed E-state index contributed by atoms with van der Waals surface area (Å²) >= 11 is 1.48. The van der Waals surface area contributed by atoms with E-state index >= 15 is 0 Å². The van der Waals surface area contributed by atoms with Gasteiger partial charge in [-0.2, -0.15) is 0 Å². The maximum Gasteiger partial charge on any atom is 0.268 e. The molecule has 0 amide bonds. The number of thiophene rings is 1. The molecule has 0 unspecified atom stereocenters. The average molecular weight is 413 g/mol. The Morgan fingerprint density at radius 2 is 2.00 bits per heavy atom. The van der Waals surface area contributed by atoms with Crippen LogP contribution in [-0.2, 0) is 6.54 Å². The van der Waals surface area contributed by atoms with Crippen LogP contribution >= 0.6 is 11.3 Å². The largest absolute Gasteiger partial charge is 0.497 e. The first kappa shape index (κ1) is 20.1. The number of benzene rings is 1. The van der Waals surface area contributed by atoms with Gasteiger partial charge in [-0.05, 0) is 48.7 Å². The van der Waals surface area contributed by atoms with Crippen molar-refractivity contribution >= 4 is 21.6 Å². The highest BCUT2D eigenvalue weighted by Gasteiger charge is 2.20. The van der Waals surface area contributed by atoms with Gasteiger partial charge in [0.2, 0.25) is 0 Å². The summed E-state index contributed by atoms with van der Waals surface area (Å²) in [5, 5.41) is 3.62. The van der Waals surface area contributed by atoms with E-state index in [-0.39, 0.29) is 5.56 Å². The summed E-state index contributed by atoms with van der Waals surface area (Å²) in [6.07, 6.45) is 2.26. The normalized spacial score (nSPS) is 16.0. The first-order chi connectivity index (χ1) is 14.0. The number of likely N-dealkylation sites (tertiary alicyclic amines) is 1. The minimum absolute atomic E-state index is 0.0499. The number of piperidine rings is 1. The Morgan fingerprint density at radius 1 is 1.28 bits per heavy atom. The Morgan fingerprint density at radius 3 is 2.66 bits per heavy atom. The van der Waals surface area contributed by atoms with E-state index in [4.69, 9.17) is 9.72 Å². The van der Waals surface area contributed by atoms with E-state index in [9.17, 15) is 4.79 Å². The predicted octanol–water partition coefficient (Wildman–Crippen LogP) is 3.62. The van der Waals surface area contributed by atoms with Gasteiger partial charge in [-0.3, -0.25) is 9.69 Å². The molecule has 29 heavy (non-hydrogen) atoms. The molecule has 4 rings (SSSR count). The van der Waals surface area contributed by atoms with Gasteiger partial charge in [0, 0.05) is 30.1 Å². The third-order valence-electron chi connectivity index (χ3n) is 5.34. The number of H-pyrrole nitrogens is 1. The van der Waals surface area contributed by atoms with Crippen molar-refractivity contribution in [2.45, 2.75) is 45.3 Å². The average Bonchev–Trinajstić information content (AvgIpc) is 3.14. The van der Waals surface area contributed by atoms with Crippen molar-refractivity contribution in [1.29, 1.82) is 0 Å². The molecule has 0 saturated carbocycles. The van der Waals surface area contributed by atoms with E-state index in [1.165, 1.54) is 11.3 Å². The van der Waals surface area contributed by atoms with Gasteiger partial charge >= 0.3 is 0 Å². The fourth-order valence-corrected chi connectivity index (χ4v) is 4.90. The lowest BCUT2D eigenvalue weighted by atomic mass is 10.0. The zero-order chi connectivity index (χ0) is 20.4. The molecule has 1 aromatic carbocycles. The summed E-state index contributed by atoms with van der Waals surface area (Å²) in [6, 6.07) is 11.0. The van der Waals surface area contributed by atoms with Crippen LogP contribution < -0.4 is 15.6 Å². The summed E-state index contributed by atoms with van der Waals surface area (Å²) in [7, 11) is 1.66. The number of methoxy groups -OCH3 is 1. The third kappa shape index (κ3) is 4.69. The van der Waals surface area contributed by atoms with Crippen LogP contribution in [0.5, 0.6) is 5.75 Å². The van der Waals surface area contributed by atoms with Crippen LogP contribution in [0.4, 0.5) is 0 Å². The molecule has 6 nitrogen and oxygen atoms in total. The molecule has 154 valence electrons. The van der Waals surface area contributed by atoms with Crippen molar-refractivity contribution < 1.29 is 4.74 Å². The molecule has 3 heterocycles. The second-order valence-corrected chi connectivity index (χ2v) is 8.99. The molecule has 7 heteroatoms. The lowest BCUT2D eigenvalue weighted by Crippen LogP contribution is -2.44. The van der Waals surface area contributed by atoms with Crippen LogP contribution in [0.1, 0.15) is 32.5 Å². The topological polar surface area (TPSA) is 70.2 Å². The van der Waals surface area contributed by atoms with Gasteiger partial charge in [0.15, 0.2) is 0 Å². The number of nitrogens with zero attached hydrogens (tertiary/aromatic N) is 2. The van der Waals surface area contributed by atoms with E-state index in [1.54, 1.807) is 7.11 Å². The SMILES string of the molecule is COc1ccc(-c2cc3nc(CN4CCC(NC(C)C)CC4)[nH]c(=O)c3s2)cc1. The molecule has 1 fully saturated rings. The number of rotatable bonds is 6. The first-order valence-electron chi connectivity index (χ1n) is 10.2. The standard InChI is InChI=1S/C22H28N4O2S/c1-14(2)23-16-8-10-26(11-9-16)13-20-24-18-12-19(29-21(18)22(27)25-20)15-4-6-17(28-3)7-5-15/h4-7,12,14,16,23H,8-11,13H2,1-3H3,(H,24,25,27). The Labute approximate surface area is 174 Å². The highest BCUT2D eigenvalue weighted by atomic mass is 32.1. The van der Waals surface area contributed by atoms with Gasteiger partial charge < -0.3 is 15.0 Å². The zero-order valence-corrected chi connectivity index (χ0v) is 18.0. The fraction of sp³-hybridized carbons (Fsp3) is 0.455. The van der Waals surface area contributed by atoms with Crippen molar-refractivity contribution in [2.75, 3.05) is 20.2 Å². The Balaban J connectivity index is 1.49. The molecule has 0 atom stereocenters. The summed E-state index contributed by atoms with van der Waals surface area (Å²) in [4.78, 5) is 23.8. The number of ether oxygens (including phenoxy) is 1. The molecule has 0 bridgehead atoms. The van der Waals surface area contributed by atoms with Gasteiger partial charge in [-0.15, -0.1) is 11.3 Å². The Kier molecular flexibility index (Phi) is 5.99. The number of nitrogens with one attached hydrogen (secondary N) is 2. The van der Waals surface area contributed by atoms with Crippen LogP contribution in [0, 0.1) is 0 Å². The van der Waals surface area contributed by atoms with Crippen molar-refractivity contribution in [2.24, 2.45) is 0 Å². The van der Waals surface area contributed by atoms with Crippen molar-refractivity contribution in [1.82, 2.24) is 20.2 Å². The van der Waals surface area contributed by atoms with Crippen LogP contribution in [0.25, 0.3) is 20.7 Å². The molecule has 1 saturated heterocycles. The molecule has 0 radical (unpaired) electrons. The van der Waals surface area contributed by atoms with Crippen LogP contribution in [-0.4, -0.2) is 47.2 Å². The third-order valence-corrected chi connectivity index (χ3v) is 6.51. The quantitative estimate of drug-likeness (QED) is 0.647. The molecular formula is C22H28N4O2S. The van der Waals surface area contributed by atoms with E-state index in [0.717, 1.165) is 53.5 Å². The van der Waals surface area contributed by atoms with Crippen molar-refractivity contribution in [3.8, 4) is 16.2 Å². The zero-order valence-electron chi connectivity index (χ0n) is 17.2. The minimum Gasteiger partial charge on any atom is -0.497 e. The van der Waals surface area contributed by atoms with Crippen LogP contribution in [0.2, 0.25) is 0 Å². The smallest absolute Gasteiger partial charge is 0.268 e. The van der Waals surface area contributed by atoms with E-state index < -0.39 is 0 Å². The second-order valence-electron chi connectivity index (χ2n) is 7.94. The van der Waals surface area contributed by atoms with Crippen molar-refractivity contribution in [3.63, 3.8) is 0 Å². The highest BCUT2D eigenvalue weighted by molar-refractivity contribution is 7.22. The van der Waals surface area contributed by atoms with Crippen LogP contribution in [0.15, 0.2) is 35.1 Å². The number of hydrogen-bond donors (Lipinski definition) is 2. The monoisotopic (exact) mass is 412 g/mol. The lowest BCUT2D eigenvalue weighted by Gasteiger charge is -2.33. The van der Waals surface area contributed by atoms with E-state index in [2.05, 4.69) is 29.0 Å². The van der Waals surface area contributed by atoms with Gasteiger partial charge in [0.1, 0.15) is 16.3 Å². The van der Waals surface area contributed by atoms with Gasteiger partial charge in [0.25, 0.3) is 5.56 Å². The molecule has 0 spiro atoms. The first-order valence-corrected chi connectivity index (χ1v) is 11.0. The van der Waals surface area contributed by atoms with Crippen molar-refractivity contribution in [3.05, 3.63) is 46.5 Å². The highest BCUT2D eigenvalue weighted by Crippen LogP contribution is 2.31. The molecule has 1 aliphatic heterocycles. The maximum atomic E-state index is 12.6. The van der Waals surface area contributed by atoms with Gasteiger partial charge in [0.05, 0.1) is 19.2 Å².